The van der Waals surface area contributed by atoms with Gasteiger partial charge in [-0.25, -0.2) is 0 Å². The van der Waals surface area contributed by atoms with Crippen molar-refractivity contribution in [3.05, 3.63) is 46.8 Å². The number of nitrogens with one attached hydrogen (secondary N) is 1. The maximum atomic E-state index is 8.84. The monoisotopic (exact) mass is 243 g/mol. The number of hydrogen-bond acceptors (Lipinski definition) is 4. The van der Waals surface area contributed by atoms with Crippen molar-refractivity contribution in [3.8, 4) is 6.07 Å². The molecular formula is C13H13N3S. The Kier molecular flexibility index (Phi) is 3.31. The van der Waals surface area contributed by atoms with Gasteiger partial charge in [0.15, 0.2) is 0 Å². The van der Waals surface area contributed by atoms with Gasteiger partial charge in [0.2, 0.25) is 0 Å². The van der Waals surface area contributed by atoms with Crippen molar-refractivity contribution in [1.29, 1.82) is 5.26 Å². The number of thiophene rings is 1. The van der Waals surface area contributed by atoms with Gasteiger partial charge < -0.3 is 11.1 Å². The van der Waals surface area contributed by atoms with Crippen LogP contribution in [0.4, 0.5) is 10.7 Å². The summed E-state index contributed by atoms with van der Waals surface area (Å²) in [5.74, 6) is 0. The van der Waals surface area contributed by atoms with Crippen LogP contribution in [0.3, 0.4) is 0 Å². The lowest BCUT2D eigenvalue weighted by Crippen LogP contribution is -2.04. The molecule has 0 aliphatic heterocycles. The van der Waals surface area contributed by atoms with Crippen molar-refractivity contribution in [3.63, 3.8) is 0 Å². The van der Waals surface area contributed by atoms with E-state index >= 15 is 0 Å². The molecule has 0 amide bonds. The van der Waals surface area contributed by atoms with E-state index < -0.39 is 0 Å². The molecule has 2 rings (SSSR count). The fourth-order valence-electron chi connectivity index (χ4n) is 1.60. The number of nitrogens with two attached hydrogens (primary N) is 1. The summed E-state index contributed by atoms with van der Waals surface area (Å²) in [6.45, 7) is 2.08. The van der Waals surface area contributed by atoms with Crippen molar-refractivity contribution in [2.24, 2.45) is 0 Å². The lowest BCUT2D eigenvalue weighted by molar-refractivity contribution is 0.889. The standard InChI is InChI=1S/C13H13N3S/c1-9(10-5-3-2-4-6-10)16-13-7-11(15)12(8-14)17-13/h2-7,9,16H,15H2,1H3. The Balaban J connectivity index is 2.14. The predicted octanol–water partition coefficient (Wildman–Crippen LogP) is 3.38. The molecule has 1 unspecified atom stereocenters. The first-order valence-electron chi connectivity index (χ1n) is 5.31. The summed E-state index contributed by atoms with van der Waals surface area (Å²) in [5.41, 5.74) is 7.46. The van der Waals surface area contributed by atoms with Crippen molar-refractivity contribution in [2.45, 2.75) is 13.0 Å². The van der Waals surface area contributed by atoms with Gasteiger partial charge >= 0.3 is 0 Å². The summed E-state index contributed by atoms with van der Waals surface area (Å²) in [6, 6.07) is 14.2. The Morgan fingerprint density at radius 1 is 1.35 bits per heavy atom. The molecule has 2 aromatic rings. The highest BCUT2D eigenvalue weighted by Crippen LogP contribution is 2.31. The van der Waals surface area contributed by atoms with Gasteiger partial charge in [0.25, 0.3) is 0 Å². The first-order valence-corrected chi connectivity index (χ1v) is 6.13. The molecule has 1 heterocycles. The fraction of sp³-hybridized carbons (Fsp3) is 0.154. The molecule has 0 radical (unpaired) electrons. The minimum atomic E-state index is 0.195. The molecule has 0 fully saturated rings. The lowest BCUT2D eigenvalue weighted by atomic mass is 10.1. The average Bonchev–Trinajstić information content (AvgIpc) is 2.70. The van der Waals surface area contributed by atoms with Crippen molar-refractivity contribution < 1.29 is 0 Å². The number of nitrogen functional groups attached to an aromatic ring is 1. The molecule has 0 spiro atoms. The maximum absolute atomic E-state index is 8.84. The SMILES string of the molecule is CC(Nc1cc(N)c(C#N)s1)c1ccccc1. The van der Waals surface area contributed by atoms with Crippen LogP contribution in [-0.4, -0.2) is 0 Å². The molecule has 3 N–H and O–H groups in total. The molecule has 1 aromatic carbocycles. The number of nitrogens with zero attached hydrogens (tertiary/aromatic N) is 1. The van der Waals surface area contributed by atoms with E-state index in [2.05, 4.69) is 30.4 Å². The summed E-state index contributed by atoms with van der Waals surface area (Å²) in [5, 5.41) is 13.1. The largest absolute Gasteiger partial charge is 0.397 e. The van der Waals surface area contributed by atoms with E-state index in [4.69, 9.17) is 11.0 Å². The normalized spacial score (nSPS) is 11.8. The van der Waals surface area contributed by atoms with Gasteiger partial charge in [-0.05, 0) is 18.6 Å². The van der Waals surface area contributed by atoms with Gasteiger partial charge in [-0.1, -0.05) is 30.3 Å². The predicted molar refractivity (Wildman–Crippen MR) is 71.9 cm³/mol. The number of hydrogen-bond donors (Lipinski definition) is 2. The Morgan fingerprint density at radius 2 is 2.06 bits per heavy atom. The molecular weight excluding hydrogens is 230 g/mol. The molecule has 0 saturated heterocycles. The molecule has 1 atom stereocenters. The number of anilines is 2. The molecule has 0 saturated carbocycles. The zero-order valence-corrected chi connectivity index (χ0v) is 10.3. The van der Waals surface area contributed by atoms with Crippen LogP contribution in [0, 0.1) is 11.3 Å². The van der Waals surface area contributed by atoms with Crippen molar-refractivity contribution in [1.82, 2.24) is 0 Å². The number of nitriles is 1. The van der Waals surface area contributed by atoms with E-state index in [1.54, 1.807) is 0 Å². The summed E-state index contributed by atoms with van der Waals surface area (Å²) < 4.78 is 0. The minimum absolute atomic E-state index is 0.195. The summed E-state index contributed by atoms with van der Waals surface area (Å²) in [6.07, 6.45) is 0. The quantitative estimate of drug-likeness (QED) is 0.868. The third kappa shape index (κ3) is 2.58. The van der Waals surface area contributed by atoms with Gasteiger partial charge in [-0.3, -0.25) is 0 Å². The van der Waals surface area contributed by atoms with E-state index in [0.717, 1.165) is 5.00 Å². The minimum Gasteiger partial charge on any atom is -0.397 e. The van der Waals surface area contributed by atoms with Gasteiger partial charge in [0, 0.05) is 6.04 Å². The van der Waals surface area contributed by atoms with Crippen molar-refractivity contribution >= 4 is 22.0 Å². The van der Waals surface area contributed by atoms with Crippen LogP contribution in [-0.2, 0) is 0 Å². The van der Waals surface area contributed by atoms with Crippen LogP contribution >= 0.6 is 11.3 Å². The van der Waals surface area contributed by atoms with Gasteiger partial charge in [0.1, 0.15) is 10.9 Å². The van der Waals surface area contributed by atoms with Crippen LogP contribution in [0.5, 0.6) is 0 Å². The second-order valence-electron chi connectivity index (χ2n) is 3.78. The zero-order valence-electron chi connectivity index (χ0n) is 9.47. The molecule has 0 aliphatic carbocycles. The molecule has 1 aromatic heterocycles. The lowest BCUT2D eigenvalue weighted by Gasteiger charge is -2.13. The van der Waals surface area contributed by atoms with Crippen LogP contribution in [0.2, 0.25) is 0 Å². The van der Waals surface area contributed by atoms with Crippen LogP contribution < -0.4 is 11.1 Å². The second kappa shape index (κ2) is 4.89. The highest BCUT2D eigenvalue weighted by molar-refractivity contribution is 7.17. The smallest absolute Gasteiger partial charge is 0.129 e. The van der Waals surface area contributed by atoms with E-state index in [1.165, 1.54) is 16.9 Å². The summed E-state index contributed by atoms with van der Waals surface area (Å²) >= 11 is 1.39. The van der Waals surface area contributed by atoms with Crippen LogP contribution in [0.25, 0.3) is 0 Å². The second-order valence-corrected chi connectivity index (χ2v) is 4.84. The molecule has 4 heteroatoms. The Bertz CT molecular complexity index is 540. The third-order valence-electron chi connectivity index (χ3n) is 2.52. The van der Waals surface area contributed by atoms with Gasteiger partial charge in [0.05, 0.1) is 10.7 Å². The average molecular weight is 243 g/mol. The highest BCUT2D eigenvalue weighted by atomic mass is 32.1. The third-order valence-corrected chi connectivity index (χ3v) is 3.51. The van der Waals surface area contributed by atoms with Crippen LogP contribution in [0.15, 0.2) is 36.4 Å². The number of rotatable bonds is 3. The molecule has 3 nitrogen and oxygen atoms in total. The van der Waals surface area contributed by atoms with Gasteiger partial charge in [-0.2, -0.15) is 5.26 Å². The van der Waals surface area contributed by atoms with E-state index in [1.807, 2.05) is 24.3 Å². The molecule has 17 heavy (non-hydrogen) atoms. The van der Waals surface area contributed by atoms with E-state index in [9.17, 15) is 0 Å². The Hall–Kier alpha value is -1.99. The Morgan fingerprint density at radius 3 is 2.65 bits per heavy atom. The van der Waals surface area contributed by atoms with Crippen molar-refractivity contribution in [2.75, 3.05) is 11.1 Å². The van der Waals surface area contributed by atoms with Gasteiger partial charge in [-0.15, -0.1) is 11.3 Å². The van der Waals surface area contributed by atoms with E-state index in [0.29, 0.717) is 10.6 Å². The zero-order chi connectivity index (χ0) is 12.3. The highest BCUT2D eigenvalue weighted by Gasteiger charge is 2.09. The summed E-state index contributed by atoms with van der Waals surface area (Å²) in [4.78, 5) is 0.563. The Labute approximate surface area is 105 Å². The molecule has 86 valence electrons. The molecule has 0 aliphatic rings. The first-order chi connectivity index (χ1) is 8.20. The van der Waals surface area contributed by atoms with E-state index in [-0.39, 0.29) is 6.04 Å². The summed E-state index contributed by atoms with van der Waals surface area (Å²) in [7, 11) is 0. The molecule has 0 bridgehead atoms. The topological polar surface area (TPSA) is 61.8 Å². The fourth-order valence-corrected chi connectivity index (χ4v) is 2.47. The first kappa shape index (κ1) is 11.5. The van der Waals surface area contributed by atoms with Crippen LogP contribution in [0.1, 0.15) is 23.4 Å². The maximum Gasteiger partial charge on any atom is 0.129 e. The number of benzene rings is 1.